The van der Waals surface area contributed by atoms with E-state index in [1.165, 1.54) is 43.2 Å². The lowest BCUT2D eigenvalue weighted by atomic mass is 9.69. The third kappa shape index (κ3) is 3.22. The first-order valence-corrected chi connectivity index (χ1v) is 8.73. The van der Waals surface area contributed by atoms with Gasteiger partial charge in [0.05, 0.1) is 25.1 Å². The Hall–Kier alpha value is -1.28. The lowest BCUT2D eigenvalue weighted by Crippen LogP contribution is -2.32. The highest BCUT2D eigenvalue weighted by molar-refractivity contribution is 5.62. The minimum absolute atomic E-state index is 0.435. The van der Waals surface area contributed by atoms with Gasteiger partial charge in [-0.3, -0.25) is 0 Å². The molecule has 0 radical (unpaired) electrons. The van der Waals surface area contributed by atoms with E-state index in [-0.39, 0.29) is 0 Å². The molecule has 2 aliphatic rings. The Morgan fingerprint density at radius 2 is 2.14 bits per heavy atom. The zero-order valence-corrected chi connectivity index (χ0v) is 13.9. The van der Waals surface area contributed by atoms with Gasteiger partial charge in [-0.2, -0.15) is 0 Å². The molecule has 120 valence electrons. The number of benzene rings is 1. The van der Waals surface area contributed by atoms with Crippen molar-refractivity contribution in [3.05, 3.63) is 42.2 Å². The van der Waals surface area contributed by atoms with E-state index in [2.05, 4.69) is 38.1 Å². The van der Waals surface area contributed by atoms with Crippen molar-refractivity contribution in [2.24, 2.45) is 5.41 Å². The molecular formula is C20H28O2. The molecule has 0 N–H and O–H groups in total. The molecule has 1 aromatic rings. The van der Waals surface area contributed by atoms with Crippen molar-refractivity contribution in [3.63, 3.8) is 0 Å². The van der Waals surface area contributed by atoms with Crippen LogP contribution in [0.1, 0.15) is 57.9 Å². The fourth-order valence-corrected chi connectivity index (χ4v) is 4.16. The molecule has 0 amide bonds. The van der Waals surface area contributed by atoms with E-state index in [9.17, 15) is 0 Å². The first-order chi connectivity index (χ1) is 10.7. The van der Waals surface area contributed by atoms with Crippen LogP contribution in [0, 0.1) is 5.41 Å². The molecular weight excluding hydrogens is 272 g/mol. The largest absolute Gasteiger partial charge is 0.501 e. The van der Waals surface area contributed by atoms with E-state index in [4.69, 9.17) is 9.47 Å². The maximum Gasteiger partial charge on any atom is 0.0873 e. The summed E-state index contributed by atoms with van der Waals surface area (Å²) >= 11 is 0. The topological polar surface area (TPSA) is 18.5 Å². The molecule has 2 nitrogen and oxygen atoms in total. The summed E-state index contributed by atoms with van der Waals surface area (Å²) in [5.74, 6) is 0. The molecule has 2 heteroatoms. The second-order valence-corrected chi connectivity index (χ2v) is 6.89. The first kappa shape index (κ1) is 15.6. The summed E-state index contributed by atoms with van der Waals surface area (Å²) in [7, 11) is 0. The second kappa shape index (κ2) is 6.87. The monoisotopic (exact) mass is 300 g/mol. The molecule has 0 saturated carbocycles. The van der Waals surface area contributed by atoms with Crippen LogP contribution < -0.4 is 0 Å². The minimum Gasteiger partial charge on any atom is -0.501 e. The summed E-state index contributed by atoms with van der Waals surface area (Å²) in [4.78, 5) is 0. The molecule has 3 rings (SSSR count). The van der Waals surface area contributed by atoms with Gasteiger partial charge in [-0.05, 0) is 62.0 Å². The molecule has 0 spiro atoms. The predicted molar refractivity (Wildman–Crippen MR) is 90.5 cm³/mol. The van der Waals surface area contributed by atoms with Crippen LogP contribution in [0.25, 0.3) is 5.57 Å². The normalized spacial score (nSPS) is 30.7. The molecule has 3 atom stereocenters. The van der Waals surface area contributed by atoms with Gasteiger partial charge < -0.3 is 9.47 Å². The van der Waals surface area contributed by atoms with Gasteiger partial charge in [0.25, 0.3) is 0 Å². The number of hydrogen-bond acceptors (Lipinski definition) is 2. The smallest absolute Gasteiger partial charge is 0.0873 e. The molecule has 2 aliphatic heterocycles. The molecule has 1 aromatic carbocycles. The van der Waals surface area contributed by atoms with E-state index in [1.807, 2.05) is 12.3 Å². The minimum atomic E-state index is 0.435. The predicted octanol–water partition coefficient (Wildman–Crippen LogP) is 5.19. The second-order valence-electron chi connectivity index (χ2n) is 6.89. The van der Waals surface area contributed by atoms with Gasteiger partial charge in [0.2, 0.25) is 0 Å². The highest BCUT2D eigenvalue weighted by atomic mass is 16.5. The summed E-state index contributed by atoms with van der Waals surface area (Å²) in [5, 5.41) is 0. The van der Waals surface area contributed by atoms with Gasteiger partial charge >= 0.3 is 0 Å². The van der Waals surface area contributed by atoms with Gasteiger partial charge in [-0.15, -0.1) is 0 Å². The average Bonchev–Trinajstić information content (AvgIpc) is 3.16. The molecule has 2 saturated heterocycles. The van der Waals surface area contributed by atoms with Crippen LogP contribution >= 0.6 is 0 Å². The summed E-state index contributed by atoms with van der Waals surface area (Å²) in [6.07, 6.45) is 10.4. The standard InChI is InChI=1S/C20H28O2/c1-3-20(14-18-10-11-19(20)22-18)12-7-13-21-15-16(2)17-8-5-4-6-9-17/h4-6,8-9,15,18-19H,3,7,10-14H2,1-2H3/b16-15-. The number of rotatable bonds is 7. The number of ether oxygens (including phenoxy) is 2. The molecule has 2 fully saturated rings. The molecule has 0 aromatic heterocycles. The average molecular weight is 300 g/mol. The van der Waals surface area contributed by atoms with Crippen LogP contribution in [-0.2, 0) is 9.47 Å². The Bertz CT molecular complexity index is 508. The lowest BCUT2D eigenvalue weighted by molar-refractivity contribution is 0.0502. The zero-order valence-electron chi connectivity index (χ0n) is 13.9. The first-order valence-electron chi connectivity index (χ1n) is 8.73. The molecule has 3 unspecified atom stereocenters. The van der Waals surface area contributed by atoms with Crippen molar-refractivity contribution in [2.75, 3.05) is 6.61 Å². The number of hydrogen-bond donors (Lipinski definition) is 0. The quantitative estimate of drug-likeness (QED) is 0.509. The molecule has 0 aliphatic carbocycles. The summed E-state index contributed by atoms with van der Waals surface area (Å²) in [6, 6.07) is 10.4. The van der Waals surface area contributed by atoms with Crippen LogP contribution in [0.2, 0.25) is 0 Å². The lowest BCUT2D eigenvalue weighted by Gasteiger charge is -2.34. The van der Waals surface area contributed by atoms with Crippen molar-refractivity contribution >= 4 is 5.57 Å². The summed E-state index contributed by atoms with van der Waals surface area (Å²) in [6.45, 7) is 5.24. The number of allylic oxidation sites excluding steroid dienone is 1. The Kier molecular flexibility index (Phi) is 4.87. The van der Waals surface area contributed by atoms with E-state index < -0.39 is 0 Å². The molecule has 2 bridgehead atoms. The zero-order chi connectivity index (χ0) is 15.4. The van der Waals surface area contributed by atoms with Gasteiger partial charge in [0.15, 0.2) is 0 Å². The van der Waals surface area contributed by atoms with Gasteiger partial charge in [-0.1, -0.05) is 37.3 Å². The van der Waals surface area contributed by atoms with Crippen molar-refractivity contribution in [2.45, 2.75) is 64.6 Å². The maximum atomic E-state index is 6.08. The Morgan fingerprint density at radius 1 is 1.32 bits per heavy atom. The Labute approximate surface area is 134 Å². The molecule has 22 heavy (non-hydrogen) atoms. The van der Waals surface area contributed by atoms with E-state index in [1.54, 1.807) is 0 Å². The van der Waals surface area contributed by atoms with Gasteiger partial charge in [0.1, 0.15) is 0 Å². The van der Waals surface area contributed by atoms with Gasteiger partial charge in [0, 0.05) is 0 Å². The third-order valence-corrected chi connectivity index (χ3v) is 5.55. The highest BCUT2D eigenvalue weighted by Crippen LogP contribution is 2.52. The maximum absolute atomic E-state index is 6.08. The Morgan fingerprint density at radius 3 is 2.77 bits per heavy atom. The van der Waals surface area contributed by atoms with Crippen LogP contribution in [0.3, 0.4) is 0 Å². The van der Waals surface area contributed by atoms with Crippen molar-refractivity contribution in [3.8, 4) is 0 Å². The van der Waals surface area contributed by atoms with Crippen LogP contribution in [0.15, 0.2) is 36.6 Å². The molecule has 2 heterocycles. The number of fused-ring (bicyclic) bond motifs is 2. The van der Waals surface area contributed by atoms with Crippen LogP contribution in [0.4, 0.5) is 0 Å². The van der Waals surface area contributed by atoms with Crippen molar-refractivity contribution in [1.82, 2.24) is 0 Å². The SMILES string of the molecule is CCC1(CCCO/C=C(/C)c2ccccc2)CC2CCC1O2. The fraction of sp³-hybridized carbons (Fsp3) is 0.600. The summed E-state index contributed by atoms with van der Waals surface area (Å²) in [5.41, 5.74) is 2.85. The van der Waals surface area contributed by atoms with E-state index in [0.29, 0.717) is 17.6 Å². The third-order valence-electron chi connectivity index (χ3n) is 5.55. The van der Waals surface area contributed by atoms with Crippen LogP contribution in [-0.4, -0.2) is 18.8 Å². The highest BCUT2D eigenvalue weighted by Gasteiger charge is 2.50. The van der Waals surface area contributed by atoms with E-state index in [0.717, 1.165) is 13.0 Å². The Balaban J connectivity index is 1.44. The van der Waals surface area contributed by atoms with Gasteiger partial charge in [-0.25, -0.2) is 0 Å². The van der Waals surface area contributed by atoms with E-state index >= 15 is 0 Å². The fourth-order valence-electron chi connectivity index (χ4n) is 4.16. The van der Waals surface area contributed by atoms with Crippen molar-refractivity contribution in [1.29, 1.82) is 0 Å². The van der Waals surface area contributed by atoms with Crippen molar-refractivity contribution < 1.29 is 9.47 Å². The van der Waals surface area contributed by atoms with Crippen LogP contribution in [0.5, 0.6) is 0 Å². The summed E-state index contributed by atoms with van der Waals surface area (Å²) < 4.78 is 11.9.